The predicted molar refractivity (Wildman–Crippen MR) is 117 cm³/mol. The fourth-order valence-corrected chi connectivity index (χ4v) is 4.10. The van der Waals surface area contributed by atoms with Gasteiger partial charge in [-0.1, -0.05) is 30.0 Å². The summed E-state index contributed by atoms with van der Waals surface area (Å²) in [4.78, 5) is 14.4. The van der Waals surface area contributed by atoms with Crippen molar-refractivity contribution in [2.45, 2.75) is 31.2 Å². The fourth-order valence-electron chi connectivity index (χ4n) is 3.54. The number of alkyl halides is 3. The molecule has 2 aromatic carbocycles. The minimum Gasteiger partial charge on any atom is -0.411 e. The van der Waals surface area contributed by atoms with Gasteiger partial charge in [0.25, 0.3) is 5.22 Å². The Morgan fingerprint density at radius 1 is 1.16 bits per heavy atom. The van der Waals surface area contributed by atoms with Gasteiger partial charge in [-0.05, 0) is 49.6 Å². The lowest BCUT2D eigenvalue weighted by molar-refractivity contribution is -0.137. The number of anilines is 2. The standard InChI is InChI=1S/C22H21F3N4O2S/c1-14-6-2-3-7-16(14)20-27-28-21(31-20)32-13-19(30)26-17-9-8-15(22(23,24)25)12-18(17)29-10-4-5-11-29/h2-3,6-9,12H,4-5,10-11,13H2,1H3,(H,26,30). The smallest absolute Gasteiger partial charge is 0.411 e. The number of amides is 1. The maximum Gasteiger partial charge on any atom is 0.416 e. The molecule has 0 radical (unpaired) electrons. The van der Waals surface area contributed by atoms with Gasteiger partial charge in [-0.25, -0.2) is 0 Å². The van der Waals surface area contributed by atoms with E-state index in [9.17, 15) is 18.0 Å². The molecule has 1 aliphatic heterocycles. The number of thioether (sulfide) groups is 1. The van der Waals surface area contributed by atoms with Crippen LogP contribution >= 0.6 is 11.8 Å². The van der Waals surface area contributed by atoms with E-state index in [1.54, 1.807) is 0 Å². The second-order valence-electron chi connectivity index (χ2n) is 7.45. The van der Waals surface area contributed by atoms with Crippen LogP contribution in [0.25, 0.3) is 11.5 Å². The number of nitrogens with one attached hydrogen (secondary N) is 1. The van der Waals surface area contributed by atoms with Crippen LogP contribution in [0.5, 0.6) is 0 Å². The van der Waals surface area contributed by atoms with Crippen molar-refractivity contribution in [1.82, 2.24) is 10.2 Å². The van der Waals surface area contributed by atoms with E-state index in [4.69, 9.17) is 4.42 Å². The topological polar surface area (TPSA) is 71.3 Å². The Kier molecular flexibility index (Phi) is 6.40. The number of hydrogen-bond acceptors (Lipinski definition) is 6. The highest BCUT2D eigenvalue weighted by atomic mass is 32.2. The van der Waals surface area contributed by atoms with Crippen molar-refractivity contribution < 1.29 is 22.4 Å². The summed E-state index contributed by atoms with van der Waals surface area (Å²) in [7, 11) is 0. The Labute approximate surface area is 187 Å². The van der Waals surface area contributed by atoms with Crippen LogP contribution in [-0.2, 0) is 11.0 Å². The minimum absolute atomic E-state index is 0.0180. The summed E-state index contributed by atoms with van der Waals surface area (Å²) in [5.41, 5.74) is 1.81. The summed E-state index contributed by atoms with van der Waals surface area (Å²) in [6, 6.07) is 11.0. The van der Waals surface area contributed by atoms with E-state index in [0.717, 1.165) is 47.9 Å². The third-order valence-electron chi connectivity index (χ3n) is 5.15. The first-order valence-corrected chi connectivity index (χ1v) is 11.1. The van der Waals surface area contributed by atoms with Gasteiger partial charge in [-0.3, -0.25) is 4.79 Å². The summed E-state index contributed by atoms with van der Waals surface area (Å²) < 4.78 is 45.2. The Hall–Kier alpha value is -3.01. The highest BCUT2D eigenvalue weighted by Crippen LogP contribution is 2.37. The molecule has 0 spiro atoms. The molecule has 4 rings (SSSR count). The molecule has 6 nitrogen and oxygen atoms in total. The lowest BCUT2D eigenvalue weighted by Gasteiger charge is -2.23. The number of nitrogens with zero attached hydrogens (tertiary/aromatic N) is 3. The number of benzene rings is 2. The monoisotopic (exact) mass is 462 g/mol. The molecule has 0 unspecified atom stereocenters. The molecule has 1 fully saturated rings. The van der Waals surface area contributed by atoms with Crippen LogP contribution in [0.1, 0.15) is 24.0 Å². The first-order chi connectivity index (χ1) is 15.3. The number of halogens is 3. The zero-order valence-electron chi connectivity index (χ0n) is 17.3. The summed E-state index contributed by atoms with van der Waals surface area (Å²) in [5, 5.41) is 11.0. The molecule has 1 N–H and O–H groups in total. The van der Waals surface area contributed by atoms with E-state index in [-0.39, 0.29) is 16.9 Å². The number of hydrogen-bond donors (Lipinski definition) is 1. The van der Waals surface area contributed by atoms with Crippen LogP contribution in [0.2, 0.25) is 0 Å². The van der Waals surface area contributed by atoms with E-state index in [2.05, 4.69) is 15.5 Å². The molecule has 168 valence electrons. The number of aryl methyl sites for hydroxylation is 1. The molecule has 3 aromatic rings. The van der Waals surface area contributed by atoms with Gasteiger partial charge in [0, 0.05) is 18.7 Å². The van der Waals surface area contributed by atoms with Crippen LogP contribution in [0, 0.1) is 6.92 Å². The van der Waals surface area contributed by atoms with E-state index in [1.165, 1.54) is 6.07 Å². The van der Waals surface area contributed by atoms with Crippen LogP contribution < -0.4 is 10.2 Å². The predicted octanol–water partition coefficient (Wildman–Crippen LogP) is 5.39. The summed E-state index contributed by atoms with van der Waals surface area (Å²) in [6.45, 7) is 3.24. The second kappa shape index (κ2) is 9.23. The SMILES string of the molecule is Cc1ccccc1-c1nnc(SCC(=O)Nc2ccc(C(F)(F)F)cc2N2CCCC2)o1. The average molecular weight is 462 g/mol. The summed E-state index contributed by atoms with van der Waals surface area (Å²) in [5.74, 6) is -0.0218. The van der Waals surface area contributed by atoms with Gasteiger partial charge < -0.3 is 14.6 Å². The van der Waals surface area contributed by atoms with Gasteiger partial charge in [-0.2, -0.15) is 13.2 Å². The molecular weight excluding hydrogens is 441 g/mol. The summed E-state index contributed by atoms with van der Waals surface area (Å²) >= 11 is 1.07. The van der Waals surface area contributed by atoms with Crippen molar-refractivity contribution in [3.63, 3.8) is 0 Å². The highest BCUT2D eigenvalue weighted by molar-refractivity contribution is 7.99. The molecule has 0 aliphatic carbocycles. The fraction of sp³-hybridized carbons (Fsp3) is 0.318. The molecule has 0 saturated carbocycles. The molecule has 0 bridgehead atoms. The Balaban J connectivity index is 1.44. The molecule has 10 heteroatoms. The van der Waals surface area contributed by atoms with Gasteiger partial charge in [-0.15, -0.1) is 10.2 Å². The number of rotatable bonds is 6. The van der Waals surface area contributed by atoms with Gasteiger partial charge in [0.15, 0.2) is 0 Å². The third kappa shape index (κ3) is 5.07. The van der Waals surface area contributed by atoms with Crippen LogP contribution in [0.4, 0.5) is 24.5 Å². The molecule has 1 saturated heterocycles. The lowest BCUT2D eigenvalue weighted by Crippen LogP contribution is -2.22. The molecule has 0 atom stereocenters. The minimum atomic E-state index is -4.44. The molecule has 1 amide bonds. The van der Waals surface area contributed by atoms with E-state index < -0.39 is 11.7 Å². The van der Waals surface area contributed by atoms with Crippen molar-refractivity contribution in [2.75, 3.05) is 29.1 Å². The third-order valence-corrected chi connectivity index (χ3v) is 5.97. The normalized spacial score (nSPS) is 14.1. The van der Waals surface area contributed by atoms with Crippen LogP contribution in [0.3, 0.4) is 0 Å². The lowest BCUT2D eigenvalue weighted by atomic mass is 10.1. The van der Waals surface area contributed by atoms with E-state index >= 15 is 0 Å². The van der Waals surface area contributed by atoms with Gasteiger partial charge in [0.1, 0.15) is 0 Å². The van der Waals surface area contributed by atoms with Gasteiger partial charge in [0.05, 0.1) is 22.7 Å². The maximum atomic E-state index is 13.2. The largest absolute Gasteiger partial charge is 0.416 e. The molecule has 32 heavy (non-hydrogen) atoms. The Bertz CT molecular complexity index is 1110. The van der Waals surface area contributed by atoms with Crippen LogP contribution in [-0.4, -0.2) is 34.9 Å². The molecule has 2 heterocycles. The average Bonchev–Trinajstić information content (AvgIpc) is 3.44. The zero-order valence-corrected chi connectivity index (χ0v) is 18.1. The number of aromatic nitrogens is 2. The molecule has 1 aromatic heterocycles. The highest BCUT2D eigenvalue weighted by Gasteiger charge is 2.32. The molecule has 1 aliphatic rings. The van der Waals surface area contributed by atoms with Crippen molar-refractivity contribution in [1.29, 1.82) is 0 Å². The Morgan fingerprint density at radius 2 is 1.91 bits per heavy atom. The zero-order chi connectivity index (χ0) is 22.7. The van der Waals surface area contributed by atoms with Crippen molar-refractivity contribution in [3.05, 3.63) is 53.6 Å². The van der Waals surface area contributed by atoms with Crippen molar-refractivity contribution in [2.24, 2.45) is 0 Å². The maximum absolute atomic E-state index is 13.2. The molecular formula is C22H21F3N4O2S. The van der Waals surface area contributed by atoms with E-state index in [1.807, 2.05) is 36.1 Å². The number of carbonyl (C=O) groups excluding carboxylic acids is 1. The first-order valence-electron chi connectivity index (χ1n) is 10.1. The summed E-state index contributed by atoms with van der Waals surface area (Å²) in [6.07, 6.45) is -2.64. The van der Waals surface area contributed by atoms with E-state index in [0.29, 0.717) is 30.4 Å². The number of carbonyl (C=O) groups is 1. The first kappa shape index (κ1) is 22.2. The van der Waals surface area contributed by atoms with Crippen molar-refractivity contribution >= 4 is 29.0 Å². The van der Waals surface area contributed by atoms with Crippen LogP contribution in [0.15, 0.2) is 52.1 Å². The van der Waals surface area contributed by atoms with Gasteiger partial charge >= 0.3 is 6.18 Å². The second-order valence-corrected chi connectivity index (χ2v) is 8.38. The van der Waals surface area contributed by atoms with Crippen molar-refractivity contribution in [3.8, 4) is 11.5 Å². The Morgan fingerprint density at radius 3 is 2.62 bits per heavy atom. The van der Waals surface area contributed by atoms with Gasteiger partial charge in [0.2, 0.25) is 11.8 Å². The quantitative estimate of drug-likeness (QED) is 0.495.